The highest BCUT2D eigenvalue weighted by atomic mass is 79.9. The standard InChI is InChI=1S/C16H19BrN2O2/c1-19(2)16(21)14-9-7-13(8-10-14)5-4-12-18-15(20)6-3-11-17/h7-10H,3,6,11-12H2,1-2H3,(H,18,20). The quantitative estimate of drug-likeness (QED) is 0.652. The smallest absolute Gasteiger partial charge is 0.253 e. The molecule has 0 bridgehead atoms. The van der Waals surface area contributed by atoms with Gasteiger partial charge in [0.1, 0.15) is 0 Å². The average Bonchev–Trinajstić information content (AvgIpc) is 2.49. The summed E-state index contributed by atoms with van der Waals surface area (Å²) in [6, 6.07) is 7.11. The molecule has 1 aromatic carbocycles. The van der Waals surface area contributed by atoms with Crippen molar-refractivity contribution in [3.05, 3.63) is 35.4 Å². The number of hydrogen-bond acceptors (Lipinski definition) is 2. The Labute approximate surface area is 134 Å². The third kappa shape index (κ3) is 6.46. The lowest BCUT2D eigenvalue weighted by Crippen LogP contribution is -2.23. The normalized spacial score (nSPS) is 9.48. The lowest BCUT2D eigenvalue weighted by Gasteiger charge is -2.09. The van der Waals surface area contributed by atoms with Gasteiger partial charge in [0.15, 0.2) is 0 Å². The molecular formula is C16H19BrN2O2. The number of nitrogens with one attached hydrogen (secondary N) is 1. The summed E-state index contributed by atoms with van der Waals surface area (Å²) in [5, 5.41) is 3.56. The molecule has 0 atom stereocenters. The molecule has 0 aliphatic carbocycles. The van der Waals surface area contributed by atoms with Crippen molar-refractivity contribution >= 4 is 27.7 Å². The van der Waals surface area contributed by atoms with Crippen LogP contribution in [0.1, 0.15) is 28.8 Å². The summed E-state index contributed by atoms with van der Waals surface area (Å²) >= 11 is 3.28. The molecule has 112 valence electrons. The Morgan fingerprint density at radius 3 is 2.48 bits per heavy atom. The number of carbonyl (C=O) groups excluding carboxylic acids is 2. The molecule has 0 saturated carbocycles. The third-order valence-corrected chi connectivity index (χ3v) is 3.24. The topological polar surface area (TPSA) is 49.4 Å². The summed E-state index contributed by atoms with van der Waals surface area (Å²) in [6.07, 6.45) is 1.33. The Morgan fingerprint density at radius 1 is 1.24 bits per heavy atom. The highest BCUT2D eigenvalue weighted by Gasteiger charge is 2.06. The Kier molecular flexibility index (Phi) is 7.55. The minimum absolute atomic E-state index is 0.00989. The van der Waals surface area contributed by atoms with E-state index in [-0.39, 0.29) is 11.8 Å². The van der Waals surface area contributed by atoms with Crippen LogP contribution in [0.2, 0.25) is 0 Å². The average molecular weight is 351 g/mol. The van der Waals surface area contributed by atoms with Crippen LogP contribution in [0.4, 0.5) is 0 Å². The predicted molar refractivity (Wildman–Crippen MR) is 87.4 cm³/mol. The van der Waals surface area contributed by atoms with E-state index >= 15 is 0 Å². The summed E-state index contributed by atoms with van der Waals surface area (Å²) < 4.78 is 0. The molecule has 0 saturated heterocycles. The first-order chi connectivity index (χ1) is 10.0. The lowest BCUT2D eigenvalue weighted by atomic mass is 10.1. The second-order valence-electron chi connectivity index (χ2n) is 4.65. The van der Waals surface area contributed by atoms with Crippen LogP contribution < -0.4 is 5.32 Å². The molecule has 2 amide bonds. The first-order valence-corrected chi connectivity index (χ1v) is 7.80. The molecule has 0 aromatic heterocycles. The van der Waals surface area contributed by atoms with Crippen LogP contribution in [-0.2, 0) is 4.79 Å². The molecule has 0 unspecified atom stereocenters. The number of halogens is 1. The maximum Gasteiger partial charge on any atom is 0.253 e. The number of benzene rings is 1. The summed E-state index contributed by atoms with van der Waals surface area (Å²) in [5.74, 6) is 5.82. The van der Waals surface area contributed by atoms with E-state index in [4.69, 9.17) is 0 Å². The monoisotopic (exact) mass is 350 g/mol. The zero-order valence-corrected chi connectivity index (χ0v) is 13.9. The Balaban J connectivity index is 2.48. The number of carbonyl (C=O) groups is 2. The van der Waals surface area contributed by atoms with E-state index in [0.29, 0.717) is 18.5 Å². The van der Waals surface area contributed by atoms with Crippen LogP contribution in [0, 0.1) is 11.8 Å². The van der Waals surface area contributed by atoms with Crippen molar-refractivity contribution in [1.82, 2.24) is 10.2 Å². The molecule has 0 radical (unpaired) electrons. The Bertz CT molecular complexity index is 542. The van der Waals surface area contributed by atoms with E-state index in [1.807, 2.05) is 0 Å². The molecule has 0 aliphatic rings. The number of rotatable bonds is 5. The first-order valence-electron chi connectivity index (χ1n) is 6.68. The fraction of sp³-hybridized carbons (Fsp3) is 0.375. The predicted octanol–water partition coefficient (Wildman–Crippen LogP) is 2.03. The number of amides is 2. The minimum atomic E-state index is -0.0337. The van der Waals surface area contributed by atoms with Gasteiger partial charge in [0.2, 0.25) is 5.91 Å². The summed E-state index contributed by atoms with van der Waals surface area (Å²) in [4.78, 5) is 24.6. The van der Waals surface area contributed by atoms with Crippen molar-refractivity contribution in [3.8, 4) is 11.8 Å². The van der Waals surface area contributed by atoms with Crippen LogP contribution in [-0.4, -0.2) is 42.7 Å². The van der Waals surface area contributed by atoms with Crippen LogP contribution >= 0.6 is 15.9 Å². The van der Waals surface area contributed by atoms with Gasteiger partial charge in [0, 0.05) is 37.0 Å². The first kappa shape index (κ1) is 17.3. The SMILES string of the molecule is CN(C)C(=O)c1ccc(C#CCNC(=O)CCCBr)cc1. The maximum absolute atomic E-state index is 11.7. The summed E-state index contributed by atoms with van der Waals surface area (Å²) in [5.41, 5.74) is 1.45. The van der Waals surface area contributed by atoms with Gasteiger partial charge < -0.3 is 10.2 Å². The van der Waals surface area contributed by atoms with Crippen molar-refractivity contribution in [2.75, 3.05) is 26.0 Å². The second kappa shape index (κ2) is 9.19. The molecule has 1 aromatic rings. The number of nitrogens with zero attached hydrogens (tertiary/aromatic N) is 1. The van der Waals surface area contributed by atoms with Gasteiger partial charge in [-0.05, 0) is 30.7 Å². The highest BCUT2D eigenvalue weighted by Crippen LogP contribution is 2.05. The van der Waals surface area contributed by atoms with Crippen molar-refractivity contribution in [2.24, 2.45) is 0 Å². The van der Waals surface area contributed by atoms with Crippen LogP contribution in [0.5, 0.6) is 0 Å². The van der Waals surface area contributed by atoms with E-state index in [1.165, 1.54) is 4.90 Å². The zero-order chi connectivity index (χ0) is 15.7. The molecule has 1 N–H and O–H groups in total. The molecule has 4 nitrogen and oxygen atoms in total. The van der Waals surface area contributed by atoms with E-state index in [0.717, 1.165) is 17.3 Å². The fourth-order valence-electron chi connectivity index (χ4n) is 1.56. The van der Waals surface area contributed by atoms with Gasteiger partial charge in [-0.1, -0.05) is 27.8 Å². The Hall–Kier alpha value is -1.80. The lowest BCUT2D eigenvalue weighted by molar-refractivity contribution is -0.120. The van der Waals surface area contributed by atoms with Crippen LogP contribution in [0.3, 0.4) is 0 Å². The van der Waals surface area contributed by atoms with Crippen molar-refractivity contribution in [1.29, 1.82) is 0 Å². The Morgan fingerprint density at radius 2 is 1.90 bits per heavy atom. The molecule has 1 rings (SSSR count). The molecule has 21 heavy (non-hydrogen) atoms. The van der Waals surface area contributed by atoms with Crippen molar-refractivity contribution < 1.29 is 9.59 Å². The fourth-order valence-corrected chi connectivity index (χ4v) is 1.84. The molecule has 5 heteroatoms. The maximum atomic E-state index is 11.7. The summed E-state index contributed by atoms with van der Waals surface area (Å²) in [6.45, 7) is 0.333. The van der Waals surface area contributed by atoms with E-state index in [2.05, 4.69) is 33.1 Å². The summed E-state index contributed by atoms with van der Waals surface area (Å²) in [7, 11) is 3.43. The van der Waals surface area contributed by atoms with Gasteiger partial charge in [-0.2, -0.15) is 0 Å². The van der Waals surface area contributed by atoms with E-state index < -0.39 is 0 Å². The van der Waals surface area contributed by atoms with Gasteiger partial charge >= 0.3 is 0 Å². The van der Waals surface area contributed by atoms with E-state index in [1.54, 1.807) is 38.4 Å². The van der Waals surface area contributed by atoms with Crippen molar-refractivity contribution in [3.63, 3.8) is 0 Å². The molecule has 0 fully saturated rings. The zero-order valence-electron chi connectivity index (χ0n) is 12.3. The number of alkyl halides is 1. The largest absolute Gasteiger partial charge is 0.345 e. The van der Waals surface area contributed by atoms with E-state index in [9.17, 15) is 9.59 Å². The van der Waals surface area contributed by atoms with Crippen molar-refractivity contribution in [2.45, 2.75) is 12.8 Å². The number of hydrogen-bond donors (Lipinski definition) is 1. The van der Waals surface area contributed by atoms with Crippen LogP contribution in [0.15, 0.2) is 24.3 Å². The van der Waals surface area contributed by atoms with Gasteiger partial charge in [-0.25, -0.2) is 0 Å². The molecule has 0 heterocycles. The van der Waals surface area contributed by atoms with Gasteiger partial charge in [0.05, 0.1) is 6.54 Å². The second-order valence-corrected chi connectivity index (χ2v) is 5.44. The van der Waals surface area contributed by atoms with Crippen LogP contribution in [0.25, 0.3) is 0 Å². The van der Waals surface area contributed by atoms with Gasteiger partial charge in [0.25, 0.3) is 5.91 Å². The highest BCUT2D eigenvalue weighted by molar-refractivity contribution is 9.09. The van der Waals surface area contributed by atoms with Gasteiger partial charge in [-0.15, -0.1) is 0 Å². The third-order valence-electron chi connectivity index (χ3n) is 2.68. The molecule has 0 aliphatic heterocycles. The molecular weight excluding hydrogens is 332 g/mol. The molecule has 0 spiro atoms. The van der Waals surface area contributed by atoms with Gasteiger partial charge in [-0.3, -0.25) is 9.59 Å². The minimum Gasteiger partial charge on any atom is -0.345 e.